The number of nitrogens with two attached hydrogens (primary N) is 1. The Balaban J connectivity index is 2.28. The molecule has 0 radical (unpaired) electrons. The third-order valence-electron chi connectivity index (χ3n) is 3.02. The molecule has 4 nitrogen and oxygen atoms in total. The number of halogens is 2. The zero-order valence-corrected chi connectivity index (χ0v) is 13.3. The van der Waals surface area contributed by atoms with Gasteiger partial charge in [0.25, 0.3) is 0 Å². The molecule has 1 aromatic heterocycles. The zero-order valence-electron chi connectivity index (χ0n) is 10.9. The average molecular weight is 357 g/mol. The lowest BCUT2D eigenvalue weighted by atomic mass is 9.99. The number of hydrogen-bond acceptors (Lipinski definition) is 4. The number of nitrogens with one attached hydrogen (secondary N) is 1. The van der Waals surface area contributed by atoms with Gasteiger partial charge in [-0.25, -0.2) is 4.98 Å². The number of pyridine rings is 1. The van der Waals surface area contributed by atoms with Gasteiger partial charge in [-0.2, -0.15) is 0 Å². The van der Waals surface area contributed by atoms with Crippen molar-refractivity contribution in [2.75, 3.05) is 7.11 Å². The predicted octanol–water partition coefficient (Wildman–Crippen LogP) is 3.25. The van der Waals surface area contributed by atoms with E-state index < -0.39 is 0 Å². The molecule has 1 aromatic carbocycles. The number of hydrazine groups is 1. The molecule has 1 unspecified atom stereocenters. The molecule has 1 atom stereocenters. The molecular weight excluding hydrogens is 342 g/mol. The highest BCUT2D eigenvalue weighted by atomic mass is 79.9. The van der Waals surface area contributed by atoms with Crippen LogP contribution < -0.4 is 16.0 Å². The second-order valence-corrected chi connectivity index (χ2v) is 5.59. The Hall–Kier alpha value is -1.14. The Morgan fingerprint density at radius 3 is 2.85 bits per heavy atom. The topological polar surface area (TPSA) is 60.2 Å². The first-order valence-corrected chi connectivity index (χ1v) is 7.21. The maximum absolute atomic E-state index is 5.92. The average Bonchev–Trinajstić information content (AvgIpc) is 2.45. The number of aromatic nitrogens is 1. The molecule has 6 heteroatoms. The summed E-state index contributed by atoms with van der Waals surface area (Å²) in [5, 5.41) is 0.448. The van der Waals surface area contributed by atoms with Gasteiger partial charge in [0.2, 0.25) is 0 Å². The fraction of sp³-hybridized carbons (Fsp3) is 0.214. The molecule has 0 spiro atoms. The van der Waals surface area contributed by atoms with E-state index in [2.05, 4.69) is 26.3 Å². The van der Waals surface area contributed by atoms with Crippen molar-refractivity contribution < 1.29 is 4.74 Å². The van der Waals surface area contributed by atoms with Gasteiger partial charge in [0.05, 0.1) is 13.2 Å². The molecule has 2 aromatic rings. The maximum atomic E-state index is 5.92. The fourth-order valence-corrected chi connectivity index (χ4v) is 2.62. The minimum atomic E-state index is -0.0706. The standard InChI is InChI=1S/C14H15BrClN3O/c1-20-13-3-2-11(15)6-10(13)7-12(19-17)9-4-5-18-14(16)8-9/h2-6,8,12,19H,7,17H2,1H3. The third kappa shape index (κ3) is 3.70. The SMILES string of the molecule is COc1ccc(Br)cc1CC(NN)c1ccnc(Cl)c1. The van der Waals surface area contributed by atoms with Crippen molar-refractivity contribution in [2.45, 2.75) is 12.5 Å². The summed E-state index contributed by atoms with van der Waals surface area (Å²) in [6.45, 7) is 0. The molecule has 1 heterocycles. The first-order chi connectivity index (χ1) is 9.63. The molecule has 20 heavy (non-hydrogen) atoms. The van der Waals surface area contributed by atoms with Gasteiger partial charge in [-0.3, -0.25) is 11.3 Å². The van der Waals surface area contributed by atoms with Gasteiger partial charge in [0.15, 0.2) is 0 Å². The van der Waals surface area contributed by atoms with Crippen LogP contribution in [-0.2, 0) is 6.42 Å². The molecule has 0 saturated heterocycles. The minimum absolute atomic E-state index is 0.0706. The second kappa shape index (κ2) is 7.04. The number of ether oxygens (including phenoxy) is 1. The van der Waals surface area contributed by atoms with Crippen LogP contribution >= 0.6 is 27.5 Å². The van der Waals surface area contributed by atoms with Gasteiger partial charge in [-0.15, -0.1) is 0 Å². The lowest BCUT2D eigenvalue weighted by Crippen LogP contribution is -2.29. The molecule has 3 N–H and O–H groups in total. The van der Waals surface area contributed by atoms with Crippen molar-refractivity contribution >= 4 is 27.5 Å². The van der Waals surface area contributed by atoms with Crippen molar-refractivity contribution in [1.29, 1.82) is 0 Å². The van der Waals surface area contributed by atoms with Crippen LogP contribution in [0.25, 0.3) is 0 Å². The van der Waals surface area contributed by atoms with Crippen LogP contribution in [0.2, 0.25) is 5.15 Å². The summed E-state index contributed by atoms with van der Waals surface area (Å²) in [6, 6.07) is 9.51. The Morgan fingerprint density at radius 1 is 1.40 bits per heavy atom. The van der Waals surface area contributed by atoms with E-state index in [9.17, 15) is 0 Å². The van der Waals surface area contributed by atoms with Gasteiger partial charge in [0, 0.05) is 10.7 Å². The van der Waals surface area contributed by atoms with E-state index in [1.165, 1.54) is 0 Å². The molecule has 0 saturated carbocycles. The summed E-state index contributed by atoms with van der Waals surface area (Å²) in [5.41, 5.74) is 4.84. The second-order valence-electron chi connectivity index (χ2n) is 4.29. The molecule has 0 amide bonds. The summed E-state index contributed by atoms with van der Waals surface area (Å²) < 4.78 is 6.37. The smallest absolute Gasteiger partial charge is 0.129 e. The van der Waals surface area contributed by atoms with Crippen LogP contribution in [0.3, 0.4) is 0 Å². The number of hydrogen-bond donors (Lipinski definition) is 2. The normalized spacial score (nSPS) is 12.2. The Morgan fingerprint density at radius 2 is 2.20 bits per heavy atom. The fourth-order valence-electron chi connectivity index (χ4n) is 2.03. The molecule has 0 bridgehead atoms. The molecule has 2 rings (SSSR count). The first-order valence-electron chi connectivity index (χ1n) is 6.04. The van der Waals surface area contributed by atoms with Crippen molar-refractivity contribution in [3.8, 4) is 5.75 Å². The summed E-state index contributed by atoms with van der Waals surface area (Å²) in [4.78, 5) is 3.98. The van der Waals surface area contributed by atoms with Gasteiger partial charge in [-0.1, -0.05) is 27.5 Å². The maximum Gasteiger partial charge on any atom is 0.129 e. The predicted molar refractivity (Wildman–Crippen MR) is 83.7 cm³/mol. The molecule has 0 aliphatic rings. The highest BCUT2D eigenvalue weighted by Crippen LogP contribution is 2.28. The minimum Gasteiger partial charge on any atom is -0.496 e. The van der Waals surface area contributed by atoms with E-state index in [0.717, 1.165) is 21.3 Å². The molecule has 0 aliphatic carbocycles. The molecular formula is C14H15BrClN3O. The van der Waals surface area contributed by atoms with Crippen molar-refractivity contribution in [1.82, 2.24) is 10.4 Å². The van der Waals surface area contributed by atoms with Crippen LogP contribution in [0.5, 0.6) is 5.75 Å². The van der Waals surface area contributed by atoms with Gasteiger partial charge in [0.1, 0.15) is 10.9 Å². The van der Waals surface area contributed by atoms with E-state index in [-0.39, 0.29) is 6.04 Å². The first kappa shape index (κ1) is 15.3. The number of nitrogens with zero attached hydrogens (tertiary/aromatic N) is 1. The van der Waals surface area contributed by atoms with E-state index >= 15 is 0 Å². The van der Waals surface area contributed by atoms with E-state index in [4.69, 9.17) is 22.2 Å². The van der Waals surface area contributed by atoms with Gasteiger partial charge >= 0.3 is 0 Å². The van der Waals surface area contributed by atoms with Crippen molar-refractivity contribution in [3.63, 3.8) is 0 Å². The van der Waals surface area contributed by atoms with Crippen LogP contribution in [0, 0.1) is 0 Å². The Kier molecular flexibility index (Phi) is 5.37. The number of benzene rings is 1. The number of methoxy groups -OCH3 is 1. The highest BCUT2D eigenvalue weighted by Gasteiger charge is 2.14. The van der Waals surface area contributed by atoms with Crippen LogP contribution in [0.15, 0.2) is 41.0 Å². The third-order valence-corrected chi connectivity index (χ3v) is 3.72. The lowest BCUT2D eigenvalue weighted by Gasteiger charge is -2.18. The zero-order chi connectivity index (χ0) is 14.5. The van der Waals surface area contributed by atoms with Gasteiger partial charge < -0.3 is 4.74 Å². The number of rotatable bonds is 5. The highest BCUT2D eigenvalue weighted by molar-refractivity contribution is 9.10. The van der Waals surface area contributed by atoms with Crippen LogP contribution in [0.4, 0.5) is 0 Å². The monoisotopic (exact) mass is 355 g/mol. The summed E-state index contributed by atoms with van der Waals surface area (Å²) in [6.07, 6.45) is 2.35. The van der Waals surface area contributed by atoms with E-state index in [1.54, 1.807) is 19.4 Å². The van der Waals surface area contributed by atoms with Crippen LogP contribution in [0.1, 0.15) is 17.2 Å². The van der Waals surface area contributed by atoms with E-state index in [0.29, 0.717) is 11.6 Å². The van der Waals surface area contributed by atoms with Crippen molar-refractivity contribution in [3.05, 3.63) is 57.3 Å². The summed E-state index contributed by atoms with van der Waals surface area (Å²) in [7, 11) is 1.65. The van der Waals surface area contributed by atoms with Crippen molar-refractivity contribution in [2.24, 2.45) is 5.84 Å². The summed E-state index contributed by atoms with van der Waals surface area (Å²) in [5.74, 6) is 6.49. The van der Waals surface area contributed by atoms with E-state index in [1.807, 2.05) is 24.3 Å². The Bertz CT molecular complexity index is 594. The molecule has 0 fully saturated rings. The Labute approximate surface area is 131 Å². The van der Waals surface area contributed by atoms with Crippen LogP contribution in [-0.4, -0.2) is 12.1 Å². The summed E-state index contributed by atoms with van der Waals surface area (Å²) >= 11 is 9.39. The van der Waals surface area contributed by atoms with Gasteiger partial charge in [-0.05, 0) is 47.9 Å². The largest absolute Gasteiger partial charge is 0.496 e. The molecule has 106 valence electrons. The quantitative estimate of drug-likeness (QED) is 0.490. The molecule has 0 aliphatic heterocycles. The lowest BCUT2D eigenvalue weighted by molar-refractivity contribution is 0.405.